The van der Waals surface area contributed by atoms with Crippen LogP contribution in [0.3, 0.4) is 0 Å². The van der Waals surface area contributed by atoms with Gasteiger partial charge in [-0.3, -0.25) is 4.79 Å². The van der Waals surface area contributed by atoms with E-state index in [0.29, 0.717) is 12.8 Å². The third-order valence-corrected chi connectivity index (χ3v) is 1.94. The molecule has 2 unspecified atom stereocenters. The van der Waals surface area contributed by atoms with Gasteiger partial charge in [0.1, 0.15) is 6.10 Å². The van der Waals surface area contributed by atoms with Crippen LogP contribution in [0.1, 0.15) is 26.2 Å². The first-order valence-corrected chi connectivity index (χ1v) is 3.99. The third kappa shape index (κ3) is 2.01. The second-order valence-electron chi connectivity index (χ2n) is 2.70. The minimum atomic E-state index is -0.228. The van der Waals surface area contributed by atoms with Crippen LogP contribution in [0.2, 0.25) is 0 Å². The van der Waals surface area contributed by atoms with E-state index < -0.39 is 0 Å². The van der Waals surface area contributed by atoms with Crippen molar-refractivity contribution in [2.75, 3.05) is 7.11 Å². The lowest BCUT2D eigenvalue weighted by atomic mass is 10.1. The molecular formula is C8H14O3. The summed E-state index contributed by atoms with van der Waals surface area (Å²) in [6, 6.07) is 0. The highest BCUT2D eigenvalue weighted by Gasteiger charge is 2.27. The molecule has 0 N–H and O–H groups in total. The molecule has 3 nitrogen and oxygen atoms in total. The summed E-state index contributed by atoms with van der Waals surface area (Å²) in [7, 11) is 1.60. The molecule has 3 heteroatoms. The molecular weight excluding hydrogens is 144 g/mol. The van der Waals surface area contributed by atoms with Gasteiger partial charge < -0.3 is 9.47 Å². The Hall–Kier alpha value is -0.410. The van der Waals surface area contributed by atoms with E-state index in [1.165, 1.54) is 0 Å². The minimum Gasteiger partial charge on any atom is -0.356 e. The number of hydrogen-bond donors (Lipinski definition) is 0. The van der Waals surface area contributed by atoms with E-state index in [9.17, 15) is 4.79 Å². The van der Waals surface area contributed by atoms with Gasteiger partial charge in [0.25, 0.3) is 0 Å². The predicted molar refractivity (Wildman–Crippen MR) is 40.2 cm³/mol. The third-order valence-electron chi connectivity index (χ3n) is 1.94. The van der Waals surface area contributed by atoms with Gasteiger partial charge in [0, 0.05) is 20.0 Å². The lowest BCUT2D eigenvalue weighted by molar-refractivity contribution is -0.186. The first kappa shape index (κ1) is 8.68. The average molecular weight is 158 g/mol. The van der Waals surface area contributed by atoms with Gasteiger partial charge in [-0.25, -0.2) is 0 Å². The van der Waals surface area contributed by atoms with Crippen molar-refractivity contribution < 1.29 is 14.3 Å². The topological polar surface area (TPSA) is 35.5 Å². The summed E-state index contributed by atoms with van der Waals surface area (Å²) < 4.78 is 10.3. The largest absolute Gasteiger partial charge is 0.356 e. The van der Waals surface area contributed by atoms with Crippen LogP contribution in [0.25, 0.3) is 0 Å². The highest BCUT2D eigenvalue weighted by molar-refractivity contribution is 5.83. The Bertz CT molecular complexity index is 144. The monoisotopic (exact) mass is 158 g/mol. The van der Waals surface area contributed by atoms with Crippen molar-refractivity contribution in [1.82, 2.24) is 0 Å². The summed E-state index contributed by atoms with van der Waals surface area (Å²) in [6.07, 6.45) is 1.65. The highest BCUT2D eigenvalue weighted by Crippen LogP contribution is 2.18. The molecule has 0 aromatic rings. The molecule has 1 aliphatic heterocycles. The Balaban J connectivity index is 2.44. The van der Waals surface area contributed by atoms with Crippen LogP contribution < -0.4 is 0 Å². The zero-order chi connectivity index (χ0) is 8.27. The summed E-state index contributed by atoms with van der Waals surface area (Å²) in [5.41, 5.74) is 0. The maximum atomic E-state index is 11.1. The number of Topliss-reactive ketones (excluding diaryl/α,β-unsaturated/α-hetero) is 1. The van der Waals surface area contributed by atoms with Crippen molar-refractivity contribution in [2.45, 2.75) is 38.6 Å². The molecule has 0 aromatic heterocycles. The highest BCUT2D eigenvalue weighted by atomic mass is 16.7. The summed E-state index contributed by atoms with van der Waals surface area (Å²) in [5.74, 6) is 0.209. The smallest absolute Gasteiger partial charge is 0.161 e. The Morgan fingerprint density at radius 1 is 1.73 bits per heavy atom. The molecule has 1 heterocycles. The molecule has 1 fully saturated rings. The van der Waals surface area contributed by atoms with Gasteiger partial charge in [-0.15, -0.1) is 0 Å². The SMILES string of the molecule is CCC1OC(OC)CCC1=O. The van der Waals surface area contributed by atoms with Gasteiger partial charge in [0.15, 0.2) is 12.1 Å². The number of rotatable bonds is 2. The number of ether oxygens (including phenoxy) is 2. The molecule has 1 saturated heterocycles. The standard InChI is InChI=1S/C8H14O3/c1-3-7-6(9)4-5-8(10-2)11-7/h7-8H,3-5H2,1-2H3. The van der Waals surface area contributed by atoms with E-state index >= 15 is 0 Å². The average Bonchev–Trinajstić information content (AvgIpc) is 2.05. The van der Waals surface area contributed by atoms with E-state index in [1.807, 2.05) is 6.92 Å². The van der Waals surface area contributed by atoms with Gasteiger partial charge in [0.2, 0.25) is 0 Å². The molecule has 0 aromatic carbocycles. The molecule has 0 bridgehead atoms. The fourth-order valence-electron chi connectivity index (χ4n) is 1.25. The molecule has 0 saturated carbocycles. The first-order valence-electron chi connectivity index (χ1n) is 3.99. The number of methoxy groups -OCH3 is 1. The number of carbonyl (C=O) groups excluding carboxylic acids is 1. The van der Waals surface area contributed by atoms with Crippen molar-refractivity contribution in [1.29, 1.82) is 0 Å². The van der Waals surface area contributed by atoms with Crippen LogP contribution >= 0.6 is 0 Å². The first-order chi connectivity index (χ1) is 5.27. The summed E-state index contributed by atoms with van der Waals surface area (Å²) >= 11 is 0. The van der Waals surface area contributed by atoms with Crippen molar-refractivity contribution >= 4 is 5.78 Å². The Morgan fingerprint density at radius 2 is 2.45 bits per heavy atom. The molecule has 11 heavy (non-hydrogen) atoms. The Labute approximate surface area is 66.7 Å². The summed E-state index contributed by atoms with van der Waals surface area (Å²) in [6.45, 7) is 1.95. The van der Waals surface area contributed by atoms with Gasteiger partial charge in [-0.2, -0.15) is 0 Å². The van der Waals surface area contributed by atoms with Crippen LogP contribution in [0, 0.1) is 0 Å². The predicted octanol–water partition coefficient (Wildman–Crippen LogP) is 1.12. The van der Waals surface area contributed by atoms with E-state index in [-0.39, 0.29) is 18.2 Å². The quantitative estimate of drug-likeness (QED) is 0.604. The van der Waals surface area contributed by atoms with Crippen LogP contribution in [-0.2, 0) is 14.3 Å². The van der Waals surface area contributed by atoms with E-state index in [4.69, 9.17) is 9.47 Å². The molecule has 0 aliphatic carbocycles. The Kier molecular flexibility index (Phi) is 3.02. The van der Waals surface area contributed by atoms with Crippen molar-refractivity contribution in [3.8, 4) is 0 Å². The van der Waals surface area contributed by atoms with Gasteiger partial charge in [-0.05, 0) is 6.42 Å². The van der Waals surface area contributed by atoms with Crippen molar-refractivity contribution in [3.05, 3.63) is 0 Å². The van der Waals surface area contributed by atoms with E-state index in [0.717, 1.165) is 6.42 Å². The lowest BCUT2D eigenvalue weighted by Crippen LogP contribution is -2.35. The summed E-state index contributed by atoms with van der Waals surface area (Å²) in [4.78, 5) is 11.1. The second kappa shape index (κ2) is 3.83. The molecule has 0 spiro atoms. The molecule has 1 aliphatic rings. The van der Waals surface area contributed by atoms with Gasteiger partial charge >= 0.3 is 0 Å². The number of carbonyl (C=O) groups is 1. The van der Waals surface area contributed by atoms with Crippen LogP contribution in [0.4, 0.5) is 0 Å². The minimum absolute atomic E-state index is 0.169. The fraction of sp³-hybridized carbons (Fsp3) is 0.875. The lowest BCUT2D eigenvalue weighted by Gasteiger charge is -2.26. The van der Waals surface area contributed by atoms with E-state index in [1.54, 1.807) is 7.11 Å². The molecule has 2 atom stereocenters. The maximum Gasteiger partial charge on any atom is 0.161 e. The van der Waals surface area contributed by atoms with Crippen LogP contribution in [-0.4, -0.2) is 25.3 Å². The zero-order valence-corrected chi connectivity index (χ0v) is 7.00. The fourth-order valence-corrected chi connectivity index (χ4v) is 1.25. The van der Waals surface area contributed by atoms with Gasteiger partial charge in [0.05, 0.1) is 0 Å². The number of hydrogen-bond acceptors (Lipinski definition) is 3. The second-order valence-corrected chi connectivity index (χ2v) is 2.70. The van der Waals surface area contributed by atoms with Crippen LogP contribution in [0.5, 0.6) is 0 Å². The molecule has 0 amide bonds. The normalized spacial score (nSPS) is 32.4. The van der Waals surface area contributed by atoms with Crippen molar-refractivity contribution in [2.24, 2.45) is 0 Å². The molecule has 64 valence electrons. The Morgan fingerprint density at radius 3 is 3.00 bits per heavy atom. The van der Waals surface area contributed by atoms with Crippen LogP contribution in [0.15, 0.2) is 0 Å². The van der Waals surface area contributed by atoms with E-state index in [2.05, 4.69) is 0 Å². The zero-order valence-electron chi connectivity index (χ0n) is 7.00. The van der Waals surface area contributed by atoms with Crippen molar-refractivity contribution in [3.63, 3.8) is 0 Å². The summed E-state index contributed by atoms with van der Waals surface area (Å²) in [5, 5.41) is 0. The molecule has 1 rings (SSSR count). The maximum absolute atomic E-state index is 11.1. The molecule has 0 radical (unpaired) electrons. The number of ketones is 1. The van der Waals surface area contributed by atoms with Gasteiger partial charge in [-0.1, -0.05) is 6.92 Å².